The molecule has 4 nitrogen and oxygen atoms in total. The number of carbonyl (C=O) groups excluding carboxylic acids is 2. The molecule has 1 fully saturated rings. The molecule has 4 heteroatoms. The Morgan fingerprint density at radius 1 is 1.03 bits per heavy atom. The van der Waals surface area contributed by atoms with Crippen LogP contribution in [0, 0.1) is 6.92 Å². The second-order valence-corrected chi connectivity index (χ2v) is 8.41. The van der Waals surface area contributed by atoms with Crippen LogP contribution in [0.5, 0.6) is 0 Å². The van der Waals surface area contributed by atoms with Crippen molar-refractivity contribution in [3.63, 3.8) is 0 Å². The van der Waals surface area contributed by atoms with Crippen LogP contribution in [0.3, 0.4) is 0 Å². The molecule has 1 saturated carbocycles. The molecule has 1 aliphatic rings. The molecule has 1 aliphatic carbocycles. The summed E-state index contributed by atoms with van der Waals surface area (Å²) >= 11 is 0. The van der Waals surface area contributed by atoms with Crippen LogP contribution in [-0.4, -0.2) is 28.8 Å². The Morgan fingerprint density at radius 2 is 1.73 bits per heavy atom. The average Bonchev–Trinajstić information content (AvgIpc) is 3.25. The summed E-state index contributed by atoms with van der Waals surface area (Å²) in [7, 11) is 0. The number of rotatable bonds is 9. The highest BCUT2D eigenvalue weighted by Crippen LogP contribution is 2.20. The first-order valence-electron chi connectivity index (χ1n) is 11.3. The molecule has 0 bridgehead atoms. The standard InChI is InChI=1S/C26H34N2O2/c1-3-24(26(30)27-23-14-7-8-15-23)28(19-22-13-9-10-20(2)18-22)25(29)17-16-21-11-5-4-6-12-21/h4-6,9-13,18,23-24H,3,7-8,14-17,19H2,1-2H3,(H,27,30). The Bertz CT molecular complexity index is 828. The van der Waals surface area contributed by atoms with Crippen molar-refractivity contribution in [2.24, 2.45) is 0 Å². The van der Waals surface area contributed by atoms with E-state index < -0.39 is 6.04 Å². The maximum absolute atomic E-state index is 13.3. The van der Waals surface area contributed by atoms with Gasteiger partial charge in [0.1, 0.15) is 6.04 Å². The fraction of sp³-hybridized carbons (Fsp3) is 0.462. The highest BCUT2D eigenvalue weighted by Gasteiger charge is 2.30. The van der Waals surface area contributed by atoms with Gasteiger partial charge in [0.15, 0.2) is 0 Å². The number of nitrogens with zero attached hydrogens (tertiary/aromatic N) is 1. The van der Waals surface area contributed by atoms with Crippen molar-refractivity contribution in [2.45, 2.75) is 77.4 Å². The van der Waals surface area contributed by atoms with E-state index in [1.807, 2.05) is 49.4 Å². The largest absolute Gasteiger partial charge is 0.352 e. The smallest absolute Gasteiger partial charge is 0.243 e. The van der Waals surface area contributed by atoms with E-state index in [2.05, 4.69) is 24.4 Å². The Hall–Kier alpha value is -2.62. The van der Waals surface area contributed by atoms with Crippen molar-refractivity contribution < 1.29 is 9.59 Å². The zero-order valence-corrected chi connectivity index (χ0v) is 18.3. The molecular formula is C26H34N2O2. The lowest BCUT2D eigenvalue weighted by Crippen LogP contribution is -2.51. The quantitative estimate of drug-likeness (QED) is 0.651. The van der Waals surface area contributed by atoms with E-state index in [-0.39, 0.29) is 17.9 Å². The van der Waals surface area contributed by atoms with Gasteiger partial charge < -0.3 is 10.2 Å². The van der Waals surface area contributed by atoms with Gasteiger partial charge in [-0.2, -0.15) is 0 Å². The lowest BCUT2D eigenvalue weighted by atomic mass is 10.0. The van der Waals surface area contributed by atoms with Gasteiger partial charge in [0.2, 0.25) is 11.8 Å². The number of nitrogens with one attached hydrogen (secondary N) is 1. The van der Waals surface area contributed by atoms with Gasteiger partial charge in [0, 0.05) is 19.0 Å². The van der Waals surface area contributed by atoms with Gasteiger partial charge in [0.05, 0.1) is 0 Å². The van der Waals surface area contributed by atoms with Crippen LogP contribution in [0.25, 0.3) is 0 Å². The predicted molar refractivity (Wildman–Crippen MR) is 121 cm³/mol. The molecule has 2 amide bonds. The highest BCUT2D eigenvalue weighted by molar-refractivity contribution is 5.88. The van der Waals surface area contributed by atoms with E-state index in [1.165, 1.54) is 12.8 Å². The van der Waals surface area contributed by atoms with Gasteiger partial charge in [-0.25, -0.2) is 0 Å². The van der Waals surface area contributed by atoms with E-state index in [9.17, 15) is 9.59 Å². The fourth-order valence-electron chi connectivity index (χ4n) is 4.33. The Kier molecular flexibility index (Phi) is 8.06. The summed E-state index contributed by atoms with van der Waals surface area (Å²) in [6, 6.07) is 18.1. The highest BCUT2D eigenvalue weighted by atomic mass is 16.2. The molecule has 0 spiro atoms. The van der Waals surface area contributed by atoms with E-state index >= 15 is 0 Å². The molecule has 0 aromatic heterocycles. The van der Waals surface area contributed by atoms with E-state index in [1.54, 1.807) is 4.90 Å². The first-order chi connectivity index (χ1) is 14.6. The Labute approximate surface area is 180 Å². The van der Waals surface area contributed by atoms with E-state index in [0.29, 0.717) is 25.8 Å². The minimum absolute atomic E-state index is 0.00915. The summed E-state index contributed by atoms with van der Waals surface area (Å²) in [5.74, 6) is 0.0268. The normalized spacial score (nSPS) is 15.0. The van der Waals surface area contributed by atoms with Gasteiger partial charge in [0.25, 0.3) is 0 Å². The number of benzene rings is 2. The topological polar surface area (TPSA) is 49.4 Å². The maximum Gasteiger partial charge on any atom is 0.243 e. The molecule has 0 aliphatic heterocycles. The molecule has 1 N–H and O–H groups in total. The summed E-state index contributed by atoms with van der Waals surface area (Å²) in [5.41, 5.74) is 3.37. The molecular weight excluding hydrogens is 372 g/mol. The van der Waals surface area contributed by atoms with Crippen LogP contribution in [-0.2, 0) is 22.6 Å². The SMILES string of the molecule is CCC(C(=O)NC1CCCC1)N(Cc1cccc(C)c1)C(=O)CCc1ccccc1. The van der Waals surface area contributed by atoms with Crippen LogP contribution >= 0.6 is 0 Å². The van der Waals surface area contributed by atoms with Crippen molar-refractivity contribution in [3.05, 3.63) is 71.3 Å². The van der Waals surface area contributed by atoms with Crippen LogP contribution in [0.2, 0.25) is 0 Å². The first kappa shape index (κ1) is 22.1. The second kappa shape index (κ2) is 11.0. The fourth-order valence-corrected chi connectivity index (χ4v) is 4.33. The summed E-state index contributed by atoms with van der Waals surface area (Å²) in [4.78, 5) is 28.2. The van der Waals surface area contributed by atoms with Gasteiger partial charge in [-0.1, -0.05) is 79.9 Å². The summed E-state index contributed by atoms with van der Waals surface area (Å²) < 4.78 is 0. The Morgan fingerprint density at radius 3 is 2.40 bits per heavy atom. The van der Waals surface area contributed by atoms with Crippen LogP contribution in [0.1, 0.15) is 62.1 Å². The van der Waals surface area contributed by atoms with Crippen molar-refractivity contribution >= 4 is 11.8 Å². The zero-order valence-electron chi connectivity index (χ0n) is 18.3. The number of carbonyl (C=O) groups is 2. The molecule has 1 atom stereocenters. The van der Waals surface area contributed by atoms with Gasteiger partial charge in [-0.3, -0.25) is 9.59 Å². The Balaban J connectivity index is 1.75. The van der Waals surface area contributed by atoms with Crippen molar-refractivity contribution in [3.8, 4) is 0 Å². The van der Waals surface area contributed by atoms with E-state index in [0.717, 1.165) is 29.5 Å². The third kappa shape index (κ3) is 6.19. The first-order valence-corrected chi connectivity index (χ1v) is 11.3. The zero-order chi connectivity index (χ0) is 21.3. The minimum atomic E-state index is -0.436. The minimum Gasteiger partial charge on any atom is -0.352 e. The number of aryl methyl sites for hydroxylation is 2. The summed E-state index contributed by atoms with van der Waals surface area (Å²) in [5, 5.41) is 3.20. The van der Waals surface area contributed by atoms with Crippen molar-refractivity contribution in [2.75, 3.05) is 0 Å². The van der Waals surface area contributed by atoms with Gasteiger partial charge in [-0.15, -0.1) is 0 Å². The van der Waals surface area contributed by atoms with Crippen molar-refractivity contribution in [1.29, 1.82) is 0 Å². The molecule has 0 heterocycles. The number of amides is 2. The summed E-state index contributed by atoms with van der Waals surface area (Å²) in [6.45, 7) is 4.51. The molecule has 2 aromatic carbocycles. The lowest BCUT2D eigenvalue weighted by Gasteiger charge is -2.31. The van der Waals surface area contributed by atoms with Crippen LogP contribution < -0.4 is 5.32 Å². The molecule has 0 saturated heterocycles. The van der Waals surface area contributed by atoms with Gasteiger partial charge in [-0.05, 0) is 43.7 Å². The molecule has 0 radical (unpaired) electrons. The van der Waals surface area contributed by atoms with Crippen LogP contribution in [0.15, 0.2) is 54.6 Å². The van der Waals surface area contributed by atoms with Crippen LogP contribution in [0.4, 0.5) is 0 Å². The number of hydrogen-bond donors (Lipinski definition) is 1. The molecule has 2 aromatic rings. The third-order valence-electron chi connectivity index (χ3n) is 5.99. The van der Waals surface area contributed by atoms with Gasteiger partial charge >= 0.3 is 0 Å². The average molecular weight is 407 g/mol. The molecule has 3 rings (SSSR count). The van der Waals surface area contributed by atoms with Crippen molar-refractivity contribution in [1.82, 2.24) is 10.2 Å². The molecule has 160 valence electrons. The lowest BCUT2D eigenvalue weighted by molar-refractivity contribution is -0.141. The molecule has 30 heavy (non-hydrogen) atoms. The monoisotopic (exact) mass is 406 g/mol. The predicted octanol–water partition coefficient (Wildman–Crippen LogP) is 4.79. The number of hydrogen-bond acceptors (Lipinski definition) is 2. The summed E-state index contributed by atoms with van der Waals surface area (Å²) in [6.07, 6.45) is 6.13. The van der Waals surface area contributed by atoms with E-state index in [4.69, 9.17) is 0 Å². The maximum atomic E-state index is 13.3. The second-order valence-electron chi connectivity index (χ2n) is 8.41. The third-order valence-corrected chi connectivity index (χ3v) is 5.99. The molecule has 1 unspecified atom stereocenters.